The van der Waals surface area contributed by atoms with Gasteiger partial charge in [-0.3, -0.25) is 9.59 Å². The van der Waals surface area contributed by atoms with Crippen LogP contribution in [0.2, 0.25) is 0 Å². The number of carboxylic acids is 1. The number of carbonyl (C=O) groups excluding carboxylic acids is 1. The molecule has 0 aliphatic rings. The molecule has 9 nitrogen and oxygen atoms in total. The number of hydrogen-bond acceptors (Lipinski definition) is 6. The van der Waals surface area contributed by atoms with Crippen molar-refractivity contribution in [3.8, 4) is 5.82 Å². The summed E-state index contributed by atoms with van der Waals surface area (Å²) in [5.41, 5.74) is -1.10. The Hall–Kier alpha value is -3.02. The van der Waals surface area contributed by atoms with E-state index >= 15 is 0 Å². The van der Waals surface area contributed by atoms with Crippen LogP contribution in [0, 0.1) is 0 Å². The fourth-order valence-electron chi connectivity index (χ4n) is 1.94. The van der Waals surface area contributed by atoms with Crippen LogP contribution in [0.5, 0.6) is 0 Å². The SMILES string of the molecule is COCCN(CC(=O)O)C(=O)c1cn(-c2ccc(C(F)(F)F)cn2)nn1. The highest BCUT2D eigenvalue weighted by Gasteiger charge is 2.30. The lowest BCUT2D eigenvalue weighted by atomic mass is 10.3. The second-order valence-electron chi connectivity index (χ2n) is 5.06. The Morgan fingerprint density at radius 2 is 2.08 bits per heavy atom. The van der Waals surface area contributed by atoms with E-state index in [1.807, 2.05) is 0 Å². The van der Waals surface area contributed by atoms with Crippen molar-refractivity contribution in [2.75, 3.05) is 26.8 Å². The number of methoxy groups -OCH3 is 1. The highest BCUT2D eigenvalue weighted by molar-refractivity contribution is 5.93. The van der Waals surface area contributed by atoms with E-state index in [0.29, 0.717) is 6.20 Å². The third-order valence-electron chi connectivity index (χ3n) is 3.20. The summed E-state index contributed by atoms with van der Waals surface area (Å²) >= 11 is 0. The van der Waals surface area contributed by atoms with Crippen LogP contribution in [0.4, 0.5) is 13.2 Å². The molecule has 2 aromatic heterocycles. The number of halogens is 3. The fourth-order valence-corrected chi connectivity index (χ4v) is 1.94. The fraction of sp³-hybridized carbons (Fsp3) is 0.357. The summed E-state index contributed by atoms with van der Waals surface area (Å²) in [7, 11) is 1.40. The first-order valence-electron chi connectivity index (χ1n) is 7.18. The van der Waals surface area contributed by atoms with Gasteiger partial charge in [-0.1, -0.05) is 5.21 Å². The zero-order chi connectivity index (χ0) is 19.3. The van der Waals surface area contributed by atoms with Crippen molar-refractivity contribution in [1.29, 1.82) is 0 Å². The Labute approximate surface area is 145 Å². The molecule has 0 spiro atoms. The summed E-state index contributed by atoms with van der Waals surface area (Å²) in [6, 6.07) is 1.90. The molecule has 0 aromatic carbocycles. The molecule has 0 fully saturated rings. The Morgan fingerprint density at radius 3 is 2.62 bits per heavy atom. The van der Waals surface area contributed by atoms with Crippen LogP contribution in [0.25, 0.3) is 5.82 Å². The smallest absolute Gasteiger partial charge is 0.417 e. The van der Waals surface area contributed by atoms with Crippen LogP contribution in [-0.2, 0) is 15.7 Å². The molecule has 0 saturated heterocycles. The van der Waals surface area contributed by atoms with Gasteiger partial charge in [-0.05, 0) is 12.1 Å². The lowest BCUT2D eigenvalue weighted by Crippen LogP contribution is -2.38. The van der Waals surface area contributed by atoms with Crippen LogP contribution in [0.1, 0.15) is 16.1 Å². The summed E-state index contributed by atoms with van der Waals surface area (Å²) < 4.78 is 43.5. The molecule has 1 N–H and O–H groups in total. The number of nitrogens with zero attached hydrogens (tertiary/aromatic N) is 5. The van der Waals surface area contributed by atoms with E-state index in [2.05, 4.69) is 15.3 Å². The molecule has 140 valence electrons. The maximum atomic E-state index is 12.5. The first-order valence-corrected chi connectivity index (χ1v) is 7.18. The van der Waals surface area contributed by atoms with E-state index in [1.165, 1.54) is 7.11 Å². The summed E-state index contributed by atoms with van der Waals surface area (Å²) in [6.07, 6.45) is -2.74. The van der Waals surface area contributed by atoms with Crippen LogP contribution >= 0.6 is 0 Å². The molecule has 12 heteroatoms. The van der Waals surface area contributed by atoms with E-state index < -0.39 is 30.2 Å². The lowest BCUT2D eigenvalue weighted by molar-refractivity contribution is -0.138. The molecule has 0 atom stereocenters. The van der Waals surface area contributed by atoms with Crippen molar-refractivity contribution in [3.63, 3.8) is 0 Å². The van der Waals surface area contributed by atoms with Gasteiger partial charge in [-0.2, -0.15) is 13.2 Å². The normalized spacial score (nSPS) is 11.4. The molecule has 2 aromatic rings. The van der Waals surface area contributed by atoms with E-state index in [9.17, 15) is 22.8 Å². The van der Waals surface area contributed by atoms with E-state index in [-0.39, 0.29) is 24.7 Å². The first-order chi connectivity index (χ1) is 12.2. The highest BCUT2D eigenvalue weighted by Crippen LogP contribution is 2.28. The van der Waals surface area contributed by atoms with Gasteiger partial charge in [0.05, 0.1) is 18.4 Å². The zero-order valence-electron chi connectivity index (χ0n) is 13.5. The van der Waals surface area contributed by atoms with Crippen molar-refractivity contribution in [1.82, 2.24) is 24.9 Å². The number of hydrogen-bond donors (Lipinski definition) is 1. The Morgan fingerprint density at radius 1 is 1.35 bits per heavy atom. The predicted molar refractivity (Wildman–Crippen MR) is 79.6 cm³/mol. The minimum absolute atomic E-state index is 0.0197. The topological polar surface area (TPSA) is 110 Å². The molecular formula is C14H14F3N5O4. The third-order valence-corrected chi connectivity index (χ3v) is 3.20. The van der Waals surface area contributed by atoms with Crippen LogP contribution in [-0.4, -0.2) is 68.7 Å². The molecule has 0 aliphatic heterocycles. The first kappa shape index (κ1) is 19.3. The van der Waals surface area contributed by atoms with Crippen molar-refractivity contribution >= 4 is 11.9 Å². The van der Waals surface area contributed by atoms with Gasteiger partial charge in [0, 0.05) is 19.9 Å². The Balaban J connectivity index is 2.19. The molecule has 2 rings (SSSR count). The van der Waals surface area contributed by atoms with Gasteiger partial charge < -0.3 is 14.7 Å². The number of ether oxygens (including phenoxy) is 1. The Kier molecular flexibility index (Phi) is 5.87. The lowest BCUT2D eigenvalue weighted by Gasteiger charge is -2.18. The highest BCUT2D eigenvalue weighted by atomic mass is 19.4. The molecule has 26 heavy (non-hydrogen) atoms. The van der Waals surface area contributed by atoms with Crippen molar-refractivity contribution in [2.24, 2.45) is 0 Å². The minimum atomic E-state index is -4.52. The van der Waals surface area contributed by atoms with Crippen molar-refractivity contribution < 1.29 is 32.6 Å². The number of amides is 1. The van der Waals surface area contributed by atoms with Gasteiger partial charge in [0.25, 0.3) is 5.91 Å². The molecule has 0 unspecified atom stereocenters. The van der Waals surface area contributed by atoms with E-state index in [0.717, 1.165) is 27.9 Å². The van der Waals surface area contributed by atoms with E-state index in [4.69, 9.17) is 9.84 Å². The maximum Gasteiger partial charge on any atom is 0.417 e. The molecule has 1 amide bonds. The largest absolute Gasteiger partial charge is 0.480 e. The zero-order valence-corrected chi connectivity index (χ0v) is 13.5. The second-order valence-corrected chi connectivity index (χ2v) is 5.06. The summed E-state index contributed by atoms with van der Waals surface area (Å²) in [4.78, 5) is 27.8. The Bertz CT molecular complexity index is 776. The number of pyridine rings is 1. The maximum absolute atomic E-state index is 12.5. The van der Waals surface area contributed by atoms with Gasteiger partial charge in [-0.25, -0.2) is 9.67 Å². The molecule has 0 aliphatic carbocycles. The van der Waals surface area contributed by atoms with Gasteiger partial charge in [-0.15, -0.1) is 5.10 Å². The molecular weight excluding hydrogens is 359 g/mol. The predicted octanol–water partition coefficient (Wildman–Crippen LogP) is 0.854. The van der Waals surface area contributed by atoms with Crippen LogP contribution in [0.15, 0.2) is 24.5 Å². The van der Waals surface area contributed by atoms with Crippen molar-refractivity contribution in [3.05, 3.63) is 35.8 Å². The van der Waals surface area contributed by atoms with Gasteiger partial charge in [0.2, 0.25) is 0 Å². The molecule has 0 bridgehead atoms. The number of alkyl halides is 3. The number of aliphatic carboxylic acids is 1. The average Bonchev–Trinajstić information content (AvgIpc) is 3.07. The monoisotopic (exact) mass is 373 g/mol. The average molecular weight is 373 g/mol. The molecule has 2 heterocycles. The quantitative estimate of drug-likeness (QED) is 0.766. The van der Waals surface area contributed by atoms with E-state index in [1.54, 1.807) is 0 Å². The van der Waals surface area contributed by atoms with Gasteiger partial charge in [0.1, 0.15) is 6.54 Å². The van der Waals surface area contributed by atoms with Crippen molar-refractivity contribution in [2.45, 2.75) is 6.18 Å². The number of carboxylic acid groups (broad SMARTS) is 1. The second kappa shape index (κ2) is 7.91. The third kappa shape index (κ3) is 4.75. The van der Waals surface area contributed by atoms with Gasteiger partial charge >= 0.3 is 12.1 Å². The van der Waals surface area contributed by atoms with Crippen LogP contribution in [0.3, 0.4) is 0 Å². The summed E-state index contributed by atoms with van der Waals surface area (Å²) in [5, 5.41) is 16.1. The van der Waals surface area contributed by atoms with Gasteiger partial charge in [0.15, 0.2) is 11.5 Å². The molecule has 0 saturated carbocycles. The number of aromatic nitrogens is 4. The van der Waals surface area contributed by atoms with Crippen LogP contribution < -0.4 is 0 Å². The minimum Gasteiger partial charge on any atom is -0.480 e. The standard InChI is InChI=1S/C14H14F3N5O4/c1-26-5-4-21(8-12(23)24)13(25)10-7-22(20-19-10)11-3-2-9(6-18-11)14(15,16)17/h2-3,6-7H,4-5,8H2,1H3,(H,23,24). The number of rotatable bonds is 7. The number of carbonyl (C=O) groups is 2. The summed E-state index contributed by atoms with van der Waals surface area (Å²) in [6.45, 7) is -0.422. The molecule has 0 radical (unpaired) electrons. The summed E-state index contributed by atoms with van der Waals surface area (Å²) in [5.74, 6) is -1.90.